The molecular weight excluding hydrogens is 432 g/mol. The van der Waals surface area contributed by atoms with Gasteiger partial charge in [0.25, 0.3) is 0 Å². The highest BCUT2D eigenvalue weighted by Gasteiger charge is 2.26. The van der Waals surface area contributed by atoms with Crippen molar-refractivity contribution < 1.29 is 28.5 Å². The minimum absolute atomic E-state index is 0.0343. The maximum Gasteiger partial charge on any atom is 0.306 e. The second kappa shape index (κ2) is 10.8. The van der Waals surface area contributed by atoms with E-state index < -0.39 is 0 Å². The number of hydrogen-bond donors (Lipinski definition) is 0. The molecule has 2 atom stereocenters. The minimum atomic E-state index is -0.103. The lowest BCUT2D eigenvalue weighted by molar-refractivity contribution is -0.150. The van der Waals surface area contributed by atoms with Crippen LogP contribution in [0.15, 0.2) is 42.5 Å². The van der Waals surface area contributed by atoms with Gasteiger partial charge >= 0.3 is 5.97 Å². The lowest BCUT2D eigenvalue weighted by Crippen LogP contribution is -2.24. The zero-order valence-electron chi connectivity index (χ0n) is 19.9. The van der Waals surface area contributed by atoms with Crippen molar-refractivity contribution in [1.82, 2.24) is 0 Å². The van der Waals surface area contributed by atoms with Gasteiger partial charge in [0, 0.05) is 6.42 Å². The van der Waals surface area contributed by atoms with E-state index in [9.17, 15) is 4.79 Å². The van der Waals surface area contributed by atoms with E-state index in [-0.39, 0.29) is 24.3 Å². The Balaban J connectivity index is 1.01. The monoisotopic (exact) mass is 466 g/mol. The standard InChI is InChI=1S/C28H34O6/c1-19-14-20(2-12-27(19)33-18-26-17-32-26)3-13-28(29)34-24-10-6-22(7-11-24)21-4-8-23(9-5-21)30-15-25-16-31-25/h2,4-5,8-9,12,14,22,24-26H,3,6-7,10-11,13,15-18H2,1H3/t22-,24-,25?,26?. The maximum atomic E-state index is 12.4. The molecular formula is C28H34O6. The molecule has 5 rings (SSSR count). The SMILES string of the molecule is Cc1cc(CCC(=O)O[C@H]2CC[C@H](c3ccc(OCC4CO4)cc3)CC2)ccc1OCC1CO1. The summed E-state index contributed by atoms with van der Waals surface area (Å²) >= 11 is 0. The first-order chi connectivity index (χ1) is 16.6. The minimum Gasteiger partial charge on any atom is -0.491 e. The van der Waals surface area contributed by atoms with Crippen LogP contribution in [0.3, 0.4) is 0 Å². The van der Waals surface area contributed by atoms with Crippen LogP contribution in [0.5, 0.6) is 11.5 Å². The fraction of sp³-hybridized carbons (Fsp3) is 0.536. The lowest BCUT2D eigenvalue weighted by Gasteiger charge is -2.28. The first kappa shape index (κ1) is 23.2. The van der Waals surface area contributed by atoms with E-state index in [1.807, 2.05) is 31.2 Å². The van der Waals surface area contributed by atoms with E-state index in [0.29, 0.717) is 32.0 Å². The van der Waals surface area contributed by atoms with Gasteiger partial charge in [0.1, 0.15) is 43.0 Å². The molecule has 2 unspecified atom stereocenters. The van der Waals surface area contributed by atoms with Crippen molar-refractivity contribution in [3.63, 3.8) is 0 Å². The zero-order valence-corrected chi connectivity index (χ0v) is 19.9. The molecule has 0 radical (unpaired) electrons. The number of aryl methyl sites for hydroxylation is 2. The van der Waals surface area contributed by atoms with Gasteiger partial charge in [0.05, 0.1) is 13.2 Å². The molecule has 6 heteroatoms. The Kier molecular flexibility index (Phi) is 7.36. The molecule has 0 spiro atoms. The second-order valence-electron chi connectivity index (χ2n) is 9.67. The molecule has 2 aromatic carbocycles. The van der Waals surface area contributed by atoms with Gasteiger partial charge in [0.15, 0.2) is 0 Å². The van der Waals surface area contributed by atoms with E-state index in [1.54, 1.807) is 0 Å². The number of epoxide rings is 2. The van der Waals surface area contributed by atoms with Crippen molar-refractivity contribution in [2.75, 3.05) is 26.4 Å². The number of ether oxygens (including phenoxy) is 5. The van der Waals surface area contributed by atoms with Crippen LogP contribution in [0, 0.1) is 6.92 Å². The molecule has 6 nitrogen and oxygen atoms in total. The Bertz CT molecular complexity index is 955. The highest BCUT2D eigenvalue weighted by molar-refractivity contribution is 5.70. The van der Waals surface area contributed by atoms with Crippen LogP contribution in [0.4, 0.5) is 0 Å². The van der Waals surface area contributed by atoms with Crippen LogP contribution in [-0.2, 0) is 25.4 Å². The average molecular weight is 467 g/mol. The Morgan fingerprint density at radius 3 is 2.24 bits per heavy atom. The Morgan fingerprint density at radius 2 is 1.59 bits per heavy atom. The van der Waals surface area contributed by atoms with Crippen molar-refractivity contribution in [3.05, 3.63) is 59.2 Å². The summed E-state index contributed by atoms with van der Waals surface area (Å²) in [5.41, 5.74) is 3.55. The van der Waals surface area contributed by atoms with Gasteiger partial charge in [-0.3, -0.25) is 4.79 Å². The molecule has 0 amide bonds. The van der Waals surface area contributed by atoms with Gasteiger partial charge in [-0.1, -0.05) is 24.3 Å². The molecule has 0 aromatic heterocycles. The maximum absolute atomic E-state index is 12.4. The summed E-state index contributed by atoms with van der Waals surface area (Å²) in [6, 6.07) is 14.5. The van der Waals surface area contributed by atoms with Crippen molar-refractivity contribution in [2.24, 2.45) is 0 Å². The van der Waals surface area contributed by atoms with Gasteiger partial charge in [-0.25, -0.2) is 0 Å². The molecule has 2 heterocycles. The van der Waals surface area contributed by atoms with E-state index in [0.717, 1.165) is 61.5 Å². The molecule has 3 aliphatic rings. The van der Waals surface area contributed by atoms with Gasteiger partial charge in [-0.05, 0) is 79.8 Å². The van der Waals surface area contributed by atoms with Crippen molar-refractivity contribution >= 4 is 5.97 Å². The molecule has 182 valence electrons. The van der Waals surface area contributed by atoms with Crippen molar-refractivity contribution in [3.8, 4) is 11.5 Å². The Hall–Kier alpha value is -2.57. The number of carbonyl (C=O) groups is 1. The topological polar surface area (TPSA) is 69.8 Å². The van der Waals surface area contributed by atoms with Crippen LogP contribution in [-0.4, -0.2) is 50.7 Å². The fourth-order valence-corrected chi connectivity index (χ4v) is 4.57. The predicted octanol–water partition coefficient (Wildman–Crippen LogP) is 4.75. The number of benzene rings is 2. The van der Waals surface area contributed by atoms with Crippen LogP contribution in [0.1, 0.15) is 54.7 Å². The molecule has 3 fully saturated rings. The third-order valence-corrected chi connectivity index (χ3v) is 6.85. The van der Waals surface area contributed by atoms with Crippen molar-refractivity contribution in [2.45, 2.75) is 69.7 Å². The second-order valence-corrected chi connectivity index (χ2v) is 9.67. The summed E-state index contributed by atoms with van der Waals surface area (Å²) in [5.74, 6) is 2.19. The highest BCUT2D eigenvalue weighted by Crippen LogP contribution is 2.35. The Labute approximate surface area is 201 Å². The summed E-state index contributed by atoms with van der Waals surface area (Å²) in [6.45, 7) is 4.87. The molecule has 1 saturated carbocycles. The summed E-state index contributed by atoms with van der Waals surface area (Å²) in [6.07, 6.45) is 5.57. The highest BCUT2D eigenvalue weighted by atomic mass is 16.6. The average Bonchev–Trinajstić information content (AvgIpc) is 3.77. The predicted molar refractivity (Wildman–Crippen MR) is 128 cm³/mol. The molecule has 34 heavy (non-hydrogen) atoms. The van der Waals surface area contributed by atoms with Crippen LogP contribution >= 0.6 is 0 Å². The van der Waals surface area contributed by atoms with E-state index >= 15 is 0 Å². The molecule has 2 aliphatic heterocycles. The van der Waals surface area contributed by atoms with Gasteiger partial charge < -0.3 is 23.7 Å². The normalized spacial score (nSPS) is 25.4. The zero-order chi connectivity index (χ0) is 23.3. The van der Waals surface area contributed by atoms with Crippen LogP contribution in [0.2, 0.25) is 0 Å². The fourth-order valence-electron chi connectivity index (χ4n) is 4.57. The number of carbonyl (C=O) groups excluding carboxylic acids is 1. The summed E-state index contributed by atoms with van der Waals surface area (Å²) in [4.78, 5) is 12.4. The van der Waals surface area contributed by atoms with Crippen LogP contribution in [0.25, 0.3) is 0 Å². The van der Waals surface area contributed by atoms with Gasteiger partial charge in [-0.15, -0.1) is 0 Å². The van der Waals surface area contributed by atoms with E-state index in [1.165, 1.54) is 5.56 Å². The smallest absolute Gasteiger partial charge is 0.306 e. The molecule has 0 N–H and O–H groups in total. The number of hydrogen-bond acceptors (Lipinski definition) is 6. The van der Waals surface area contributed by atoms with E-state index in [2.05, 4.69) is 18.2 Å². The number of rotatable bonds is 11. The first-order valence-corrected chi connectivity index (χ1v) is 12.5. The number of esters is 1. The first-order valence-electron chi connectivity index (χ1n) is 12.5. The lowest BCUT2D eigenvalue weighted by atomic mass is 9.83. The molecule has 2 aromatic rings. The van der Waals surface area contributed by atoms with E-state index in [4.69, 9.17) is 23.7 Å². The van der Waals surface area contributed by atoms with Gasteiger partial charge in [0.2, 0.25) is 0 Å². The summed E-state index contributed by atoms with van der Waals surface area (Å²) in [5, 5.41) is 0. The third kappa shape index (κ3) is 6.73. The summed E-state index contributed by atoms with van der Waals surface area (Å²) in [7, 11) is 0. The van der Waals surface area contributed by atoms with Gasteiger partial charge in [-0.2, -0.15) is 0 Å². The van der Waals surface area contributed by atoms with Crippen LogP contribution < -0.4 is 9.47 Å². The third-order valence-electron chi connectivity index (χ3n) is 6.85. The Morgan fingerprint density at radius 1 is 0.912 bits per heavy atom. The molecule has 1 aliphatic carbocycles. The largest absolute Gasteiger partial charge is 0.491 e. The van der Waals surface area contributed by atoms with Crippen molar-refractivity contribution in [1.29, 1.82) is 0 Å². The quantitative estimate of drug-likeness (QED) is 0.352. The summed E-state index contributed by atoms with van der Waals surface area (Å²) < 4.78 is 27.7. The molecule has 0 bridgehead atoms. The molecule has 2 saturated heterocycles.